The lowest BCUT2D eigenvalue weighted by molar-refractivity contribution is -0.115. The van der Waals surface area contributed by atoms with Gasteiger partial charge in [-0.1, -0.05) is 6.92 Å². The Labute approximate surface area is 146 Å². The summed E-state index contributed by atoms with van der Waals surface area (Å²) in [4.78, 5) is 19.7. The molecule has 0 fully saturated rings. The predicted octanol–water partition coefficient (Wildman–Crippen LogP) is 2.20. The van der Waals surface area contributed by atoms with Crippen LogP contribution >= 0.6 is 12.2 Å². The van der Waals surface area contributed by atoms with E-state index in [-0.39, 0.29) is 5.91 Å². The van der Waals surface area contributed by atoms with E-state index in [4.69, 9.17) is 18.0 Å². The Balaban J connectivity index is 1.88. The molecule has 0 radical (unpaired) electrons. The van der Waals surface area contributed by atoms with E-state index in [9.17, 15) is 4.79 Å². The Kier molecular flexibility index (Phi) is 6.02. The first-order valence-electron chi connectivity index (χ1n) is 7.50. The van der Waals surface area contributed by atoms with E-state index in [2.05, 4.69) is 25.9 Å². The van der Waals surface area contributed by atoms with E-state index in [1.54, 1.807) is 13.1 Å². The van der Waals surface area contributed by atoms with Crippen molar-refractivity contribution in [3.8, 4) is 0 Å². The molecule has 1 amide bonds. The molecule has 0 unspecified atom stereocenters. The van der Waals surface area contributed by atoms with Crippen molar-refractivity contribution < 1.29 is 4.79 Å². The molecule has 8 heteroatoms. The minimum Gasteiger partial charge on any atom is -0.382 e. The van der Waals surface area contributed by atoms with Crippen LogP contribution in [0.3, 0.4) is 0 Å². The number of carbonyl (C=O) groups is 1. The summed E-state index contributed by atoms with van der Waals surface area (Å²) in [6.45, 7) is 4.04. The summed E-state index contributed by atoms with van der Waals surface area (Å²) in [5.74, 6) is 0.358. The third-order valence-electron chi connectivity index (χ3n) is 3.16. The lowest BCUT2D eigenvalue weighted by Gasteiger charge is -2.12. The molecular formula is C16H20N6OS. The van der Waals surface area contributed by atoms with E-state index in [1.807, 2.05) is 31.2 Å². The van der Waals surface area contributed by atoms with Gasteiger partial charge in [-0.25, -0.2) is 4.98 Å². The third-order valence-corrected chi connectivity index (χ3v) is 3.41. The molecule has 0 saturated heterocycles. The summed E-state index contributed by atoms with van der Waals surface area (Å²) in [5.41, 5.74) is 8.78. The van der Waals surface area contributed by atoms with Gasteiger partial charge in [0.05, 0.1) is 18.4 Å². The SMILES string of the molecule is CCC(=O)Nc1ccc(NC(=S)NCc2nc(C)cnc2N)cc1. The Morgan fingerprint density at radius 2 is 1.83 bits per heavy atom. The standard InChI is InChI=1S/C16H20N6OS/c1-3-14(23)21-11-4-6-12(7-5-11)22-16(24)19-9-13-15(17)18-8-10(2)20-13/h4-8H,3,9H2,1-2H3,(H2,17,18)(H,21,23)(H2,19,22,24). The van der Waals surface area contributed by atoms with Crippen LogP contribution in [0, 0.1) is 6.92 Å². The highest BCUT2D eigenvalue weighted by Crippen LogP contribution is 2.14. The van der Waals surface area contributed by atoms with Gasteiger partial charge in [0.1, 0.15) is 11.5 Å². The van der Waals surface area contributed by atoms with Crippen LogP contribution < -0.4 is 21.7 Å². The second-order valence-corrected chi connectivity index (χ2v) is 5.54. The summed E-state index contributed by atoms with van der Waals surface area (Å²) >= 11 is 5.25. The van der Waals surface area contributed by atoms with Crippen molar-refractivity contribution in [2.24, 2.45) is 0 Å². The van der Waals surface area contributed by atoms with Crippen molar-refractivity contribution in [1.82, 2.24) is 15.3 Å². The molecule has 0 aliphatic rings. The molecule has 1 heterocycles. The second kappa shape index (κ2) is 8.21. The van der Waals surface area contributed by atoms with Gasteiger partial charge in [0.25, 0.3) is 0 Å². The topological polar surface area (TPSA) is 105 Å². The van der Waals surface area contributed by atoms with Crippen molar-refractivity contribution in [2.45, 2.75) is 26.8 Å². The van der Waals surface area contributed by atoms with Gasteiger partial charge < -0.3 is 21.7 Å². The van der Waals surface area contributed by atoms with E-state index in [0.29, 0.717) is 29.6 Å². The number of aryl methyl sites for hydroxylation is 1. The molecule has 0 atom stereocenters. The van der Waals surface area contributed by atoms with Crippen molar-refractivity contribution >= 4 is 40.4 Å². The molecule has 2 aromatic rings. The number of benzene rings is 1. The summed E-state index contributed by atoms with van der Waals surface area (Å²) in [6, 6.07) is 7.28. The van der Waals surface area contributed by atoms with E-state index in [0.717, 1.165) is 17.1 Å². The van der Waals surface area contributed by atoms with Crippen LogP contribution in [0.5, 0.6) is 0 Å². The van der Waals surface area contributed by atoms with Crippen molar-refractivity contribution in [3.63, 3.8) is 0 Å². The molecule has 1 aromatic heterocycles. The molecule has 24 heavy (non-hydrogen) atoms. The van der Waals surface area contributed by atoms with Gasteiger partial charge in [-0.05, 0) is 43.4 Å². The first kappa shape index (κ1) is 17.6. The van der Waals surface area contributed by atoms with Gasteiger partial charge in [0, 0.05) is 17.8 Å². The number of carbonyl (C=O) groups excluding carboxylic acids is 1. The summed E-state index contributed by atoms with van der Waals surface area (Å²) in [5, 5.41) is 9.33. The Bertz CT molecular complexity index is 732. The fraction of sp³-hybridized carbons (Fsp3) is 0.250. The van der Waals surface area contributed by atoms with Gasteiger partial charge in [-0.15, -0.1) is 0 Å². The van der Waals surface area contributed by atoms with E-state index in [1.165, 1.54) is 0 Å². The maximum absolute atomic E-state index is 11.3. The molecule has 0 bridgehead atoms. The van der Waals surface area contributed by atoms with Crippen LogP contribution in [0.25, 0.3) is 0 Å². The van der Waals surface area contributed by atoms with Crippen LogP contribution in [0.15, 0.2) is 30.5 Å². The van der Waals surface area contributed by atoms with Crippen molar-refractivity contribution in [1.29, 1.82) is 0 Å². The second-order valence-electron chi connectivity index (χ2n) is 5.13. The van der Waals surface area contributed by atoms with E-state index < -0.39 is 0 Å². The monoisotopic (exact) mass is 344 g/mol. The Morgan fingerprint density at radius 1 is 1.21 bits per heavy atom. The van der Waals surface area contributed by atoms with Gasteiger partial charge in [-0.3, -0.25) is 9.78 Å². The average Bonchev–Trinajstić information content (AvgIpc) is 2.57. The number of nitrogens with zero attached hydrogens (tertiary/aromatic N) is 2. The number of rotatable bonds is 5. The molecule has 0 saturated carbocycles. The number of hydrogen-bond donors (Lipinski definition) is 4. The first-order valence-corrected chi connectivity index (χ1v) is 7.91. The minimum absolute atomic E-state index is 0.0234. The lowest BCUT2D eigenvalue weighted by atomic mass is 10.2. The van der Waals surface area contributed by atoms with Crippen LogP contribution in [0.4, 0.5) is 17.2 Å². The van der Waals surface area contributed by atoms with Gasteiger partial charge in [0.15, 0.2) is 5.11 Å². The fourth-order valence-corrected chi connectivity index (χ4v) is 2.08. The smallest absolute Gasteiger partial charge is 0.224 e. The molecule has 5 N–H and O–H groups in total. The molecule has 2 rings (SSSR count). The molecule has 126 valence electrons. The third kappa shape index (κ3) is 5.17. The molecule has 0 aliphatic heterocycles. The lowest BCUT2D eigenvalue weighted by Crippen LogP contribution is -2.28. The number of nitrogens with two attached hydrogens (primary N) is 1. The summed E-state index contributed by atoms with van der Waals surface area (Å²) in [7, 11) is 0. The van der Waals surface area contributed by atoms with Crippen molar-refractivity contribution in [2.75, 3.05) is 16.4 Å². The number of amides is 1. The quantitative estimate of drug-likeness (QED) is 0.616. The first-order chi connectivity index (χ1) is 11.5. The zero-order valence-electron chi connectivity index (χ0n) is 13.6. The fourth-order valence-electron chi connectivity index (χ4n) is 1.89. The average molecular weight is 344 g/mol. The molecule has 0 aliphatic carbocycles. The Hall–Kier alpha value is -2.74. The molecular weight excluding hydrogens is 324 g/mol. The van der Waals surface area contributed by atoms with Crippen molar-refractivity contribution in [3.05, 3.63) is 41.9 Å². The van der Waals surface area contributed by atoms with Gasteiger partial charge in [-0.2, -0.15) is 0 Å². The normalized spacial score (nSPS) is 10.1. The van der Waals surface area contributed by atoms with Crippen LogP contribution in [0.1, 0.15) is 24.7 Å². The van der Waals surface area contributed by atoms with Crippen LogP contribution in [-0.4, -0.2) is 21.0 Å². The molecule has 0 spiro atoms. The zero-order valence-corrected chi connectivity index (χ0v) is 14.4. The predicted molar refractivity (Wildman–Crippen MR) is 99.6 cm³/mol. The van der Waals surface area contributed by atoms with E-state index >= 15 is 0 Å². The van der Waals surface area contributed by atoms with Gasteiger partial charge >= 0.3 is 0 Å². The number of anilines is 3. The molecule has 1 aromatic carbocycles. The number of nitrogens with one attached hydrogen (secondary N) is 3. The molecule has 7 nitrogen and oxygen atoms in total. The summed E-state index contributed by atoms with van der Waals surface area (Å²) < 4.78 is 0. The number of thiocarbonyl (C=S) groups is 1. The maximum Gasteiger partial charge on any atom is 0.224 e. The number of hydrogen-bond acceptors (Lipinski definition) is 5. The highest BCUT2D eigenvalue weighted by molar-refractivity contribution is 7.80. The minimum atomic E-state index is -0.0234. The largest absolute Gasteiger partial charge is 0.382 e. The summed E-state index contributed by atoms with van der Waals surface area (Å²) in [6.07, 6.45) is 2.06. The van der Waals surface area contributed by atoms with Gasteiger partial charge in [0.2, 0.25) is 5.91 Å². The van der Waals surface area contributed by atoms with Crippen LogP contribution in [-0.2, 0) is 11.3 Å². The van der Waals surface area contributed by atoms with Crippen LogP contribution in [0.2, 0.25) is 0 Å². The Morgan fingerprint density at radius 3 is 2.46 bits per heavy atom. The number of nitrogen functional groups attached to an aromatic ring is 1. The highest BCUT2D eigenvalue weighted by atomic mass is 32.1. The zero-order chi connectivity index (χ0) is 17.5. The number of aromatic nitrogens is 2. The highest BCUT2D eigenvalue weighted by Gasteiger charge is 2.05. The maximum atomic E-state index is 11.3.